The predicted octanol–water partition coefficient (Wildman–Crippen LogP) is 3.48. The SMILES string of the molecule is CC1CC(C)N(Cc2ccc(Cl)c([N+](=O)[O-])c2)C1. The molecule has 0 spiro atoms. The van der Waals surface area contributed by atoms with Crippen molar-refractivity contribution < 1.29 is 4.92 Å². The van der Waals surface area contributed by atoms with Gasteiger partial charge in [0.2, 0.25) is 0 Å². The van der Waals surface area contributed by atoms with Crippen LogP contribution in [-0.4, -0.2) is 22.4 Å². The summed E-state index contributed by atoms with van der Waals surface area (Å²) in [5, 5.41) is 11.0. The Balaban J connectivity index is 2.15. The van der Waals surface area contributed by atoms with Crippen LogP contribution >= 0.6 is 11.6 Å². The summed E-state index contributed by atoms with van der Waals surface area (Å²) < 4.78 is 0. The van der Waals surface area contributed by atoms with Gasteiger partial charge >= 0.3 is 0 Å². The second-order valence-corrected chi connectivity index (χ2v) is 5.57. The van der Waals surface area contributed by atoms with E-state index < -0.39 is 4.92 Å². The molecule has 98 valence electrons. The predicted molar refractivity (Wildman–Crippen MR) is 71.8 cm³/mol. The van der Waals surface area contributed by atoms with Gasteiger partial charge in [0.1, 0.15) is 5.02 Å². The van der Waals surface area contributed by atoms with Crippen molar-refractivity contribution in [2.75, 3.05) is 6.54 Å². The van der Waals surface area contributed by atoms with Gasteiger partial charge < -0.3 is 0 Å². The molecule has 2 rings (SSSR count). The van der Waals surface area contributed by atoms with Crippen molar-refractivity contribution in [3.63, 3.8) is 0 Å². The van der Waals surface area contributed by atoms with E-state index in [1.165, 1.54) is 6.42 Å². The summed E-state index contributed by atoms with van der Waals surface area (Å²) in [4.78, 5) is 12.8. The smallest absolute Gasteiger partial charge is 0.288 e. The number of nitro benzene ring substituents is 1. The fourth-order valence-electron chi connectivity index (χ4n) is 2.64. The molecule has 4 nitrogen and oxygen atoms in total. The molecule has 0 radical (unpaired) electrons. The summed E-state index contributed by atoms with van der Waals surface area (Å²) in [5.74, 6) is 0.697. The molecule has 1 heterocycles. The number of nitrogens with zero attached hydrogens (tertiary/aromatic N) is 2. The topological polar surface area (TPSA) is 46.4 Å². The van der Waals surface area contributed by atoms with Crippen LogP contribution in [0.3, 0.4) is 0 Å². The molecule has 5 heteroatoms. The standard InChI is InChI=1S/C13H17ClN2O2/c1-9-5-10(2)15(7-9)8-11-3-4-12(14)13(6-11)16(17)18/h3-4,6,9-10H,5,7-8H2,1-2H3. The third-order valence-corrected chi connectivity index (χ3v) is 3.83. The van der Waals surface area contributed by atoms with Gasteiger partial charge in [0.15, 0.2) is 0 Å². The van der Waals surface area contributed by atoms with E-state index in [0.717, 1.165) is 18.7 Å². The first-order chi connectivity index (χ1) is 8.47. The monoisotopic (exact) mass is 268 g/mol. The van der Waals surface area contributed by atoms with Crippen LogP contribution in [0.25, 0.3) is 0 Å². The molecule has 0 amide bonds. The van der Waals surface area contributed by atoms with Crippen molar-refractivity contribution in [2.24, 2.45) is 5.92 Å². The Morgan fingerprint density at radius 2 is 2.22 bits per heavy atom. The molecule has 0 N–H and O–H groups in total. The molecular formula is C13H17ClN2O2. The minimum atomic E-state index is -0.429. The van der Waals surface area contributed by atoms with E-state index in [1.54, 1.807) is 12.1 Å². The van der Waals surface area contributed by atoms with Gasteiger partial charge in [0, 0.05) is 25.2 Å². The van der Waals surface area contributed by atoms with Crippen molar-refractivity contribution in [2.45, 2.75) is 32.9 Å². The molecule has 1 aliphatic heterocycles. The normalized spacial score (nSPS) is 24.4. The highest BCUT2D eigenvalue weighted by atomic mass is 35.5. The van der Waals surface area contributed by atoms with Gasteiger partial charge in [-0.2, -0.15) is 0 Å². The highest BCUT2D eigenvalue weighted by Gasteiger charge is 2.26. The molecular weight excluding hydrogens is 252 g/mol. The van der Waals surface area contributed by atoms with Crippen molar-refractivity contribution >= 4 is 17.3 Å². The quantitative estimate of drug-likeness (QED) is 0.623. The second-order valence-electron chi connectivity index (χ2n) is 5.16. The fraction of sp³-hybridized carbons (Fsp3) is 0.538. The molecule has 18 heavy (non-hydrogen) atoms. The Hall–Kier alpha value is -1.13. The third kappa shape index (κ3) is 2.82. The number of nitro groups is 1. The Labute approximate surface area is 112 Å². The summed E-state index contributed by atoms with van der Waals surface area (Å²) in [7, 11) is 0. The number of hydrogen-bond donors (Lipinski definition) is 0. The van der Waals surface area contributed by atoms with E-state index in [-0.39, 0.29) is 10.7 Å². The van der Waals surface area contributed by atoms with Crippen LogP contribution in [0.2, 0.25) is 5.02 Å². The zero-order valence-corrected chi connectivity index (χ0v) is 11.4. The molecule has 1 aromatic rings. The highest BCUT2D eigenvalue weighted by molar-refractivity contribution is 6.32. The van der Waals surface area contributed by atoms with E-state index in [0.29, 0.717) is 12.0 Å². The number of hydrogen-bond acceptors (Lipinski definition) is 3. The fourth-order valence-corrected chi connectivity index (χ4v) is 2.82. The molecule has 2 atom stereocenters. The van der Waals surface area contributed by atoms with Crippen LogP contribution in [0.15, 0.2) is 18.2 Å². The van der Waals surface area contributed by atoms with Gasteiger partial charge in [0.05, 0.1) is 4.92 Å². The summed E-state index contributed by atoms with van der Waals surface area (Å²) in [5.41, 5.74) is 0.945. The Bertz CT molecular complexity index is 464. The maximum atomic E-state index is 10.8. The van der Waals surface area contributed by atoms with Crippen molar-refractivity contribution in [1.82, 2.24) is 4.90 Å². The van der Waals surface area contributed by atoms with Crippen LogP contribution in [0.5, 0.6) is 0 Å². The molecule has 1 aromatic carbocycles. The van der Waals surface area contributed by atoms with Gasteiger partial charge in [-0.1, -0.05) is 24.6 Å². The van der Waals surface area contributed by atoms with Crippen LogP contribution in [0.1, 0.15) is 25.8 Å². The lowest BCUT2D eigenvalue weighted by atomic mass is 10.1. The van der Waals surface area contributed by atoms with Crippen LogP contribution in [0.4, 0.5) is 5.69 Å². The lowest BCUT2D eigenvalue weighted by Crippen LogP contribution is -2.26. The molecule has 0 bridgehead atoms. The first kappa shape index (κ1) is 13.3. The number of likely N-dealkylation sites (tertiary alicyclic amines) is 1. The molecule has 1 aliphatic rings. The van der Waals surface area contributed by atoms with Crippen LogP contribution in [-0.2, 0) is 6.54 Å². The Morgan fingerprint density at radius 3 is 2.78 bits per heavy atom. The van der Waals surface area contributed by atoms with E-state index in [4.69, 9.17) is 11.6 Å². The van der Waals surface area contributed by atoms with Gasteiger partial charge in [-0.25, -0.2) is 0 Å². The lowest BCUT2D eigenvalue weighted by molar-refractivity contribution is -0.384. The maximum Gasteiger partial charge on any atom is 0.288 e. The van der Waals surface area contributed by atoms with E-state index >= 15 is 0 Å². The summed E-state index contributed by atoms with van der Waals surface area (Å²) >= 11 is 5.80. The zero-order valence-electron chi connectivity index (χ0n) is 10.6. The van der Waals surface area contributed by atoms with Crippen molar-refractivity contribution in [3.05, 3.63) is 38.9 Å². The van der Waals surface area contributed by atoms with Crippen molar-refractivity contribution in [3.8, 4) is 0 Å². The van der Waals surface area contributed by atoms with Gasteiger partial charge in [-0.15, -0.1) is 0 Å². The third-order valence-electron chi connectivity index (χ3n) is 3.51. The van der Waals surface area contributed by atoms with Gasteiger partial charge in [0.25, 0.3) is 5.69 Å². The minimum Gasteiger partial charge on any atom is -0.296 e. The molecule has 1 saturated heterocycles. The van der Waals surface area contributed by atoms with E-state index in [2.05, 4.69) is 18.7 Å². The number of benzene rings is 1. The van der Waals surface area contributed by atoms with Crippen LogP contribution < -0.4 is 0 Å². The first-order valence-electron chi connectivity index (χ1n) is 6.14. The summed E-state index contributed by atoms with van der Waals surface area (Å²) in [6.45, 7) is 6.25. The van der Waals surface area contributed by atoms with Gasteiger partial charge in [-0.05, 0) is 30.9 Å². The molecule has 0 saturated carbocycles. The Kier molecular flexibility index (Phi) is 3.88. The molecule has 0 aromatic heterocycles. The van der Waals surface area contributed by atoms with E-state index in [9.17, 15) is 10.1 Å². The minimum absolute atomic E-state index is 0.00550. The average molecular weight is 269 g/mol. The first-order valence-corrected chi connectivity index (χ1v) is 6.52. The average Bonchev–Trinajstić information content (AvgIpc) is 2.60. The summed E-state index contributed by atoms with van der Waals surface area (Å²) in [6, 6.07) is 5.59. The maximum absolute atomic E-state index is 10.8. The Morgan fingerprint density at radius 1 is 1.50 bits per heavy atom. The van der Waals surface area contributed by atoms with Gasteiger partial charge in [-0.3, -0.25) is 15.0 Å². The zero-order chi connectivity index (χ0) is 13.3. The van der Waals surface area contributed by atoms with E-state index in [1.807, 2.05) is 6.07 Å². The molecule has 2 unspecified atom stereocenters. The lowest BCUT2D eigenvalue weighted by Gasteiger charge is -2.20. The second kappa shape index (κ2) is 5.24. The van der Waals surface area contributed by atoms with Crippen LogP contribution in [0, 0.1) is 16.0 Å². The summed E-state index contributed by atoms with van der Waals surface area (Å²) in [6.07, 6.45) is 1.19. The molecule has 0 aliphatic carbocycles. The largest absolute Gasteiger partial charge is 0.296 e. The highest BCUT2D eigenvalue weighted by Crippen LogP contribution is 2.28. The van der Waals surface area contributed by atoms with Crippen molar-refractivity contribution in [1.29, 1.82) is 0 Å². The number of halogens is 1. The number of rotatable bonds is 3. The molecule has 1 fully saturated rings.